The molecule has 0 aliphatic heterocycles. The van der Waals surface area contributed by atoms with E-state index >= 15 is 0 Å². The maximum absolute atomic E-state index is 6.44. The molecule has 2 N–H and O–H groups in total. The normalized spacial score (nSPS) is 15.6. The van der Waals surface area contributed by atoms with Crippen LogP contribution in [0.25, 0.3) is 0 Å². The molecule has 2 aromatic heterocycles. The van der Waals surface area contributed by atoms with E-state index in [2.05, 4.69) is 38.7 Å². The molecule has 1 aliphatic carbocycles. The van der Waals surface area contributed by atoms with Gasteiger partial charge in [-0.15, -0.1) is 11.3 Å². The fourth-order valence-electron chi connectivity index (χ4n) is 2.91. The van der Waals surface area contributed by atoms with Crippen molar-refractivity contribution in [3.63, 3.8) is 0 Å². The third-order valence-corrected chi connectivity index (χ3v) is 6.40. The first-order valence-corrected chi connectivity index (χ1v) is 8.80. The molecule has 3 nitrogen and oxygen atoms in total. The summed E-state index contributed by atoms with van der Waals surface area (Å²) in [6.07, 6.45) is 4.62. The number of fused-ring (bicyclic) bond motifs is 1. The van der Waals surface area contributed by atoms with Gasteiger partial charge in [-0.3, -0.25) is 4.68 Å². The van der Waals surface area contributed by atoms with Gasteiger partial charge in [0.15, 0.2) is 0 Å². The van der Waals surface area contributed by atoms with Crippen molar-refractivity contribution in [3.05, 3.63) is 37.2 Å². The summed E-state index contributed by atoms with van der Waals surface area (Å²) in [7, 11) is 0. The Labute approximate surface area is 132 Å². The number of hydrogen-bond acceptors (Lipinski definition) is 3. The lowest BCUT2D eigenvalue weighted by molar-refractivity contribution is 0.589. The number of thiophene rings is 1. The van der Waals surface area contributed by atoms with Gasteiger partial charge in [0.25, 0.3) is 0 Å². The number of nitrogens with zero attached hydrogens (tertiary/aromatic N) is 2. The van der Waals surface area contributed by atoms with Crippen molar-refractivity contribution < 1.29 is 0 Å². The number of aryl methyl sites for hydroxylation is 4. The summed E-state index contributed by atoms with van der Waals surface area (Å²) in [6, 6.07) is 2.40. The highest BCUT2D eigenvalue weighted by atomic mass is 79.9. The van der Waals surface area contributed by atoms with Gasteiger partial charge in [0.2, 0.25) is 0 Å². The molecule has 0 spiro atoms. The Bertz CT molecular complexity index is 608. The van der Waals surface area contributed by atoms with E-state index in [0.29, 0.717) is 0 Å². The summed E-state index contributed by atoms with van der Waals surface area (Å²) in [5.74, 6) is 0. The molecule has 0 saturated carbocycles. The summed E-state index contributed by atoms with van der Waals surface area (Å²) in [4.78, 5) is 2.87. The second-order valence-corrected chi connectivity index (χ2v) is 7.38. The highest BCUT2D eigenvalue weighted by Gasteiger charge is 2.21. The minimum Gasteiger partial charge on any atom is -0.323 e. The molecule has 108 valence electrons. The van der Waals surface area contributed by atoms with Crippen LogP contribution in [0.3, 0.4) is 0 Å². The molecule has 1 atom stereocenters. The molecule has 2 heterocycles. The number of rotatable bonds is 4. The van der Waals surface area contributed by atoms with E-state index in [1.807, 2.05) is 18.3 Å². The topological polar surface area (TPSA) is 43.8 Å². The minimum atomic E-state index is 0.0725. The first-order chi connectivity index (χ1) is 9.60. The van der Waals surface area contributed by atoms with Crippen LogP contribution in [-0.2, 0) is 25.8 Å². The van der Waals surface area contributed by atoms with Crippen LogP contribution in [0.2, 0.25) is 0 Å². The zero-order chi connectivity index (χ0) is 14.3. The molecule has 20 heavy (non-hydrogen) atoms. The first kappa shape index (κ1) is 14.3. The van der Waals surface area contributed by atoms with Crippen molar-refractivity contribution in [2.24, 2.45) is 5.73 Å². The van der Waals surface area contributed by atoms with Crippen molar-refractivity contribution in [2.45, 2.75) is 52.1 Å². The third kappa shape index (κ3) is 2.47. The van der Waals surface area contributed by atoms with E-state index in [4.69, 9.17) is 5.73 Å². The lowest BCUT2D eigenvalue weighted by Gasteiger charge is -2.11. The summed E-state index contributed by atoms with van der Waals surface area (Å²) < 4.78 is 3.17. The van der Waals surface area contributed by atoms with E-state index < -0.39 is 0 Å². The molecule has 0 fully saturated rings. The summed E-state index contributed by atoms with van der Waals surface area (Å²) in [6.45, 7) is 5.04. The molecular formula is C15H20BrN3S. The Balaban J connectivity index is 1.83. The van der Waals surface area contributed by atoms with Crippen LogP contribution in [0.1, 0.15) is 46.1 Å². The van der Waals surface area contributed by atoms with Crippen LogP contribution in [0, 0.1) is 6.92 Å². The Morgan fingerprint density at radius 1 is 1.50 bits per heavy atom. The number of hydrogen-bond donors (Lipinski definition) is 1. The Morgan fingerprint density at radius 2 is 2.30 bits per heavy atom. The summed E-state index contributed by atoms with van der Waals surface area (Å²) in [5, 5.41) is 4.54. The molecule has 0 amide bonds. The van der Waals surface area contributed by atoms with E-state index in [0.717, 1.165) is 23.1 Å². The highest BCUT2D eigenvalue weighted by Crippen LogP contribution is 2.35. The molecule has 0 aromatic carbocycles. The van der Waals surface area contributed by atoms with Crippen LogP contribution in [0.15, 0.2) is 10.5 Å². The van der Waals surface area contributed by atoms with Gasteiger partial charge in [-0.05, 0) is 60.7 Å². The highest BCUT2D eigenvalue weighted by molar-refractivity contribution is 9.10. The second kappa shape index (κ2) is 5.62. The lowest BCUT2D eigenvalue weighted by atomic mass is 10.1. The van der Waals surface area contributed by atoms with Gasteiger partial charge in [-0.25, -0.2) is 0 Å². The molecule has 2 aromatic rings. The molecule has 5 heteroatoms. The Kier molecular flexibility index (Phi) is 4.02. The fourth-order valence-corrected chi connectivity index (χ4v) is 4.61. The predicted molar refractivity (Wildman–Crippen MR) is 87.3 cm³/mol. The molecule has 1 aliphatic rings. The van der Waals surface area contributed by atoms with Crippen molar-refractivity contribution in [3.8, 4) is 0 Å². The molecule has 0 radical (unpaired) electrons. The van der Waals surface area contributed by atoms with Crippen LogP contribution in [0.4, 0.5) is 0 Å². The lowest BCUT2D eigenvalue weighted by Crippen LogP contribution is -2.15. The van der Waals surface area contributed by atoms with Crippen LogP contribution < -0.4 is 5.73 Å². The van der Waals surface area contributed by atoms with E-state index in [1.165, 1.54) is 35.4 Å². The van der Waals surface area contributed by atoms with Gasteiger partial charge >= 0.3 is 0 Å². The fraction of sp³-hybridized carbons (Fsp3) is 0.533. The summed E-state index contributed by atoms with van der Waals surface area (Å²) >= 11 is 5.56. The maximum Gasteiger partial charge on any atom is 0.0738 e. The van der Waals surface area contributed by atoms with E-state index in [-0.39, 0.29) is 6.04 Å². The van der Waals surface area contributed by atoms with Gasteiger partial charge in [0, 0.05) is 28.8 Å². The standard InChI is InChI=1S/C15H20BrN3S/c1-3-19-12(15(16)9(2)18-19)8-11(17)14-7-10-5-4-6-13(10)20-14/h7,11H,3-6,8,17H2,1-2H3. The molecule has 3 rings (SSSR count). The van der Waals surface area contributed by atoms with Gasteiger partial charge in [-0.1, -0.05) is 0 Å². The first-order valence-electron chi connectivity index (χ1n) is 7.19. The monoisotopic (exact) mass is 353 g/mol. The second-order valence-electron chi connectivity index (χ2n) is 5.42. The average molecular weight is 354 g/mol. The third-order valence-electron chi connectivity index (χ3n) is 4.00. The van der Waals surface area contributed by atoms with Crippen LogP contribution >= 0.6 is 27.3 Å². The maximum atomic E-state index is 6.44. The number of halogens is 1. The van der Waals surface area contributed by atoms with Crippen molar-refractivity contribution in [1.82, 2.24) is 9.78 Å². The zero-order valence-electron chi connectivity index (χ0n) is 11.9. The van der Waals surface area contributed by atoms with Gasteiger partial charge in [-0.2, -0.15) is 5.10 Å². The Morgan fingerprint density at radius 3 is 3.00 bits per heavy atom. The minimum absolute atomic E-state index is 0.0725. The molecule has 1 unspecified atom stereocenters. The van der Waals surface area contributed by atoms with Crippen LogP contribution in [0.5, 0.6) is 0 Å². The SMILES string of the molecule is CCn1nc(C)c(Br)c1CC(N)c1cc2c(s1)CCC2. The quantitative estimate of drug-likeness (QED) is 0.908. The molecular weight excluding hydrogens is 334 g/mol. The van der Waals surface area contributed by atoms with Gasteiger partial charge < -0.3 is 5.73 Å². The van der Waals surface area contributed by atoms with Crippen molar-refractivity contribution in [1.29, 1.82) is 0 Å². The van der Waals surface area contributed by atoms with Crippen LogP contribution in [-0.4, -0.2) is 9.78 Å². The van der Waals surface area contributed by atoms with E-state index in [1.54, 1.807) is 4.88 Å². The number of aromatic nitrogens is 2. The molecule has 0 bridgehead atoms. The predicted octanol–water partition coefficient (Wildman–Crippen LogP) is 3.77. The average Bonchev–Trinajstić information content (AvgIpc) is 3.07. The van der Waals surface area contributed by atoms with Gasteiger partial charge in [0.1, 0.15) is 0 Å². The Hall–Kier alpha value is -0.650. The zero-order valence-corrected chi connectivity index (χ0v) is 14.4. The van der Waals surface area contributed by atoms with E-state index in [9.17, 15) is 0 Å². The van der Waals surface area contributed by atoms with Gasteiger partial charge in [0.05, 0.1) is 15.9 Å². The smallest absolute Gasteiger partial charge is 0.0738 e. The summed E-state index contributed by atoms with van der Waals surface area (Å²) in [5.41, 5.74) is 10.2. The van der Waals surface area contributed by atoms with Crippen molar-refractivity contribution in [2.75, 3.05) is 0 Å². The van der Waals surface area contributed by atoms with Crippen molar-refractivity contribution >= 4 is 27.3 Å². The molecule has 0 saturated heterocycles. The number of nitrogens with two attached hydrogens (primary N) is 1. The largest absolute Gasteiger partial charge is 0.323 e.